The molecular formula is C13H21N5OS. The molecule has 1 aromatic heterocycles. The predicted octanol–water partition coefficient (Wildman–Crippen LogP) is 1.50. The highest BCUT2D eigenvalue weighted by Crippen LogP contribution is 2.25. The fourth-order valence-corrected chi connectivity index (χ4v) is 3.15. The Hall–Kier alpha value is -1.26. The molecule has 0 aromatic carbocycles. The van der Waals surface area contributed by atoms with E-state index in [0.29, 0.717) is 17.7 Å². The highest BCUT2D eigenvalue weighted by Gasteiger charge is 2.32. The van der Waals surface area contributed by atoms with Crippen molar-refractivity contribution in [1.82, 2.24) is 20.1 Å². The van der Waals surface area contributed by atoms with Gasteiger partial charge >= 0.3 is 5.69 Å². The second kappa shape index (κ2) is 6.46. The number of aromatic amines is 1. The van der Waals surface area contributed by atoms with Gasteiger partial charge in [0.25, 0.3) is 0 Å². The largest absolute Gasteiger partial charge is 0.343 e. The second-order valence-electron chi connectivity index (χ2n) is 5.42. The molecule has 0 aliphatic heterocycles. The van der Waals surface area contributed by atoms with Crippen molar-refractivity contribution in [3.05, 3.63) is 10.5 Å². The highest BCUT2D eigenvalue weighted by atomic mass is 32.2. The van der Waals surface area contributed by atoms with Crippen LogP contribution in [0.25, 0.3) is 0 Å². The lowest BCUT2D eigenvalue weighted by atomic mass is 10.0. The maximum Gasteiger partial charge on any atom is 0.343 e. The fourth-order valence-electron chi connectivity index (χ4n) is 2.02. The summed E-state index contributed by atoms with van der Waals surface area (Å²) in [7, 11) is 0. The number of hydrogen-bond donors (Lipinski definition) is 2. The van der Waals surface area contributed by atoms with Gasteiger partial charge in [-0.1, -0.05) is 18.7 Å². The summed E-state index contributed by atoms with van der Waals surface area (Å²) in [4.78, 5) is 11.6. The van der Waals surface area contributed by atoms with Gasteiger partial charge in [-0.2, -0.15) is 5.26 Å². The van der Waals surface area contributed by atoms with Crippen LogP contribution in [0.15, 0.2) is 9.95 Å². The molecule has 110 valence electrons. The zero-order valence-electron chi connectivity index (χ0n) is 12.0. The van der Waals surface area contributed by atoms with Gasteiger partial charge in [0.15, 0.2) is 5.16 Å². The first-order chi connectivity index (χ1) is 9.58. The fraction of sp³-hybridized carbons (Fsp3) is 0.769. The van der Waals surface area contributed by atoms with Crippen molar-refractivity contribution in [3.8, 4) is 6.07 Å². The lowest BCUT2D eigenvalue weighted by molar-refractivity contribution is 0.433. The van der Waals surface area contributed by atoms with Crippen molar-refractivity contribution < 1.29 is 0 Å². The van der Waals surface area contributed by atoms with Crippen molar-refractivity contribution in [2.24, 2.45) is 0 Å². The number of nitrogens with zero attached hydrogens (tertiary/aromatic N) is 3. The SMILES string of the molecule is CCCn1c(SCCC(C)(C#N)NC2CC2)n[nH]c1=O. The van der Waals surface area contributed by atoms with Crippen molar-refractivity contribution in [2.75, 3.05) is 5.75 Å². The minimum absolute atomic E-state index is 0.159. The lowest BCUT2D eigenvalue weighted by Crippen LogP contribution is -2.42. The summed E-state index contributed by atoms with van der Waals surface area (Å²) in [5.41, 5.74) is -0.645. The molecule has 1 unspecified atom stereocenters. The van der Waals surface area contributed by atoms with E-state index in [-0.39, 0.29) is 5.69 Å². The molecule has 2 N–H and O–H groups in total. The summed E-state index contributed by atoms with van der Waals surface area (Å²) in [5, 5.41) is 19.9. The van der Waals surface area contributed by atoms with E-state index in [0.717, 1.165) is 18.6 Å². The van der Waals surface area contributed by atoms with Crippen LogP contribution in [0.5, 0.6) is 0 Å². The molecule has 0 saturated heterocycles. The molecule has 0 radical (unpaired) electrons. The third kappa shape index (κ3) is 3.87. The number of aromatic nitrogens is 3. The van der Waals surface area contributed by atoms with E-state index in [1.807, 2.05) is 13.8 Å². The molecule has 2 rings (SSSR count). The van der Waals surface area contributed by atoms with Crippen molar-refractivity contribution in [2.45, 2.75) is 62.8 Å². The Balaban J connectivity index is 1.88. The monoisotopic (exact) mass is 295 g/mol. The van der Waals surface area contributed by atoms with Crippen LogP contribution < -0.4 is 11.0 Å². The molecular weight excluding hydrogens is 274 g/mol. The molecule has 0 spiro atoms. The zero-order valence-corrected chi connectivity index (χ0v) is 12.8. The van der Waals surface area contributed by atoms with Crippen LogP contribution in [-0.4, -0.2) is 32.1 Å². The van der Waals surface area contributed by atoms with Gasteiger partial charge in [-0.25, -0.2) is 9.89 Å². The normalized spacial score (nSPS) is 17.6. The second-order valence-corrected chi connectivity index (χ2v) is 6.49. The Labute approximate surface area is 122 Å². The van der Waals surface area contributed by atoms with Crippen LogP contribution >= 0.6 is 11.8 Å². The third-order valence-corrected chi connectivity index (χ3v) is 4.33. The van der Waals surface area contributed by atoms with Crippen LogP contribution in [-0.2, 0) is 6.54 Å². The number of thioether (sulfide) groups is 1. The molecule has 1 aromatic rings. The van der Waals surface area contributed by atoms with E-state index in [9.17, 15) is 10.1 Å². The standard InChI is InChI=1S/C13H21N5OS/c1-3-7-18-11(19)16-17-12(18)20-8-6-13(2,9-14)15-10-4-5-10/h10,15H,3-8H2,1-2H3,(H,16,19). The Kier molecular flexibility index (Phi) is 4.89. The number of nitrogens with one attached hydrogen (secondary N) is 2. The molecule has 1 aliphatic carbocycles. The van der Waals surface area contributed by atoms with Crippen LogP contribution in [0, 0.1) is 11.3 Å². The predicted molar refractivity (Wildman–Crippen MR) is 78.7 cm³/mol. The van der Waals surface area contributed by atoms with E-state index in [2.05, 4.69) is 21.6 Å². The number of H-pyrrole nitrogens is 1. The summed E-state index contributed by atoms with van der Waals surface area (Å²) in [5.74, 6) is 0.762. The molecule has 20 heavy (non-hydrogen) atoms. The zero-order chi connectivity index (χ0) is 14.6. The lowest BCUT2D eigenvalue weighted by Gasteiger charge is -2.22. The molecule has 1 saturated carbocycles. The minimum atomic E-state index is -0.486. The summed E-state index contributed by atoms with van der Waals surface area (Å²) in [6.07, 6.45) is 3.96. The molecule has 0 amide bonds. The van der Waals surface area contributed by atoms with Gasteiger partial charge in [-0.3, -0.25) is 9.88 Å². The van der Waals surface area contributed by atoms with E-state index in [1.54, 1.807) is 4.57 Å². The molecule has 1 aliphatic rings. The topological polar surface area (TPSA) is 86.5 Å². The molecule has 0 bridgehead atoms. The van der Waals surface area contributed by atoms with Gasteiger partial charge in [0, 0.05) is 18.3 Å². The van der Waals surface area contributed by atoms with Gasteiger partial charge in [0.05, 0.1) is 6.07 Å². The van der Waals surface area contributed by atoms with Crippen molar-refractivity contribution in [1.29, 1.82) is 5.26 Å². The Morgan fingerprint density at radius 2 is 2.40 bits per heavy atom. The third-order valence-electron chi connectivity index (χ3n) is 3.35. The quantitative estimate of drug-likeness (QED) is 0.710. The average Bonchev–Trinajstić information content (AvgIpc) is 3.17. The smallest absolute Gasteiger partial charge is 0.297 e. The molecule has 1 fully saturated rings. The molecule has 7 heteroatoms. The first kappa shape index (κ1) is 15.1. The molecule has 6 nitrogen and oxygen atoms in total. The van der Waals surface area contributed by atoms with Crippen LogP contribution in [0.1, 0.15) is 39.5 Å². The maximum atomic E-state index is 11.6. The van der Waals surface area contributed by atoms with Crippen LogP contribution in [0.3, 0.4) is 0 Å². The van der Waals surface area contributed by atoms with Gasteiger partial charge in [-0.15, -0.1) is 5.10 Å². The summed E-state index contributed by atoms with van der Waals surface area (Å²) < 4.78 is 1.66. The number of rotatable bonds is 8. The van der Waals surface area contributed by atoms with E-state index < -0.39 is 5.54 Å². The van der Waals surface area contributed by atoms with Gasteiger partial charge in [-0.05, 0) is 32.6 Å². The molecule has 1 heterocycles. The first-order valence-corrected chi connectivity index (χ1v) is 8.03. The van der Waals surface area contributed by atoms with Gasteiger partial charge in [0.2, 0.25) is 0 Å². The van der Waals surface area contributed by atoms with Gasteiger partial charge < -0.3 is 0 Å². The van der Waals surface area contributed by atoms with Crippen molar-refractivity contribution in [3.63, 3.8) is 0 Å². The summed E-state index contributed by atoms with van der Waals surface area (Å²) >= 11 is 1.53. The molecule has 1 atom stereocenters. The summed E-state index contributed by atoms with van der Waals surface area (Å²) in [6, 6.07) is 2.87. The van der Waals surface area contributed by atoms with Gasteiger partial charge in [0.1, 0.15) is 5.54 Å². The Morgan fingerprint density at radius 3 is 3.00 bits per heavy atom. The average molecular weight is 295 g/mol. The van der Waals surface area contributed by atoms with Crippen LogP contribution in [0.4, 0.5) is 0 Å². The first-order valence-electron chi connectivity index (χ1n) is 7.05. The van der Waals surface area contributed by atoms with E-state index in [1.165, 1.54) is 24.6 Å². The van der Waals surface area contributed by atoms with E-state index >= 15 is 0 Å². The highest BCUT2D eigenvalue weighted by molar-refractivity contribution is 7.99. The van der Waals surface area contributed by atoms with Crippen molar-refractivity contribution >= 4 is 11.8 Å². The Morgan fingerprint density at radius 1 is 1.65 bits per heavy atom. The van der Waals surface area contributed by atoms with E-state index in [4.69, 9.17) is 0 Å². The minimum Gasteiger partial charge on any atom is -0.297 e. The number of nitriles is 1. The van der Waals surface area contributed by atoms with Crippen LogP contribution in [0.2, 0.25) is 0 Å². The maximum absolute atomic E-state index is 11.6. The summed E-state index contributed by atoms with van der Waals surface area (Å²) in [6.45, 7) is 4.64. The Bertz CT molecular complexity index is 542. The number of hydrogen-bond acceptors (Lipinski definition) is 5.